The van der Waals surface area contributed by atoms with Crippen molar-refractivity contribution in [2.45, 2.75) is 38.8 Å². The maximum Gasteiger partial charge on any atom is 0.0964 e. The smallest absolute Gasteiger partial charge is 0.0964 e. The average Bonchev–Trinajstić information content (AvgIpc) is 2.79. The molecule has 17 heavy (non-hydrogen) atoms. The summed E-state index contributed by atoms with van der Waals surface area (Å²) in [5.41, 5.74) is 1.02. The molecular weight excluding hydrogens is 214 g/mol. The van der Waals surface area contributed by atoms with E-state index in [0.717, 1.165) is 18.8 Å². The number of rotatable bonds is 6. The van der Waals surface area contributed by atoms with Gasteiger partial charge in [0, 0.05) is 19.3 Å². The van der Waals surface area contributed by atoms with E-state index in [1.165, 1.54) is 45.3 Å². The summed E-state index contributed by atoms with van der Waals surface area (Å²) in [5, 5.41) is 11.3. The number of piperidine rings is 1. The van der Waals surface area contributed by atoms with Gasteiger partial charge in [-0.3, -0.25) is 4.68 Å². The molecular formula is C12H23N5. The Morgan fingerprint density at radius 2 is 2.06 bits per heavy atom. The van der Waals surface area contributed by atoms with Crippen LogP contribution in [0.5, 0.6) is 0 Å². The fourth-order valence-electron chi connectivity index (χ4n) is 2.35. The molecule has 1 aromatic heterocycles. The molecule has 1 aliphatic rings. The number of aromatic nitrogens is 3. The topological polar surface area (TPSA) is 46.0 Å². The van der Waals surface area contributed by atoms with Crippen LogP contribution in [0.4, 0.5) is 0 Å². The molecule has 0 unspecified atom stereocenters. The molecule has 1 N–H and O–H groups in total. The normalized spacial score (nSPS) is 17.5. The highest BCUT2D eigenvalue weighted by molar-refractivity contribution is 4.90. The molecule has 1 saturated heterocycles. The molecule has 0 spiro atoms. The summed E-state index contributed by atoms with van der Waals surface area (Å²) >= 11 is 0. The third-order valence-electron chi connectivity index (χ3n) is 3.25. The first-order valence-corrected chi connectivity index (χ1v) is 6.64. The monoisotopic (exact) mass is 237 g/mol. The van der Waals surface area contributed by atoms with Gasteiger partial charge in [0.1, 0.15) is 0 Å². The van der Waals surface area contributed by atoms with Crippen LogP contribution in [0.3, 0.4) is 0 Å². The van der Waals surface area contributed by atoms with Crippen LogP contribution in [-0.4, -0.2) is 46.6 Å². The largest absolute Gasteiger partial charge is 0.314 e. The zero-order chi connectivity index (χ0) is 11.9. The van der Waals surface area contributed by atoms with Gasteiger partial charge in [0.15, 0.2) is 0 Å². The Bertz CT molecular complexity index is 316. The van der Waals surface area contributed by atoms with Gasteiger partial charge in [0.2, 0.25) is 0 Å². The highest BCUT2D eigenvalue weighted by Gasteiger charge is 2.09. The number of aryl methyl sites for hydroxylation is 1. The van der Waals surface area contributed by atoms with Crippen molar-refractivity contribution in [1.29, 1.82) is 0 Å². The number of likely N-dealkylation sites (tertiary alicyclic amines) is 1. The summed E-state index contributed by atoms with van der Waals surface area (Å²) in [7, 11) is 1.93. The molecule has 5 nitrogen and oxygen atoms in total. The molecule has 2 heterocycles. The van der Waals surface area contributed by atoms with E-state index in [2.05, 4.69) is 20.5 Å². The van der Waals surface area contributed by atoms with Crippen LogP contribution in [0.2, 0.25) is 0 Å². The van der Waals surface area contributed by atoms with Crippen molar-refractivity contribution in [2.24, 2.45) is 0 Å². The Morgan fingerprint density at radius 1 is 1.24 bits per heavy atom. The second-order valence-electron chi connectivity index (χ2n) is 4.76. The van der Waals surface area contributed by atoms with Crippen molar-refractivity contribution >= 4 is 0 Å². The molecule has 0 aliphatic carbocycles. The number of hydrogen-bond acceptors (Lipinski definition) is 4. The van der Waals surface area contributed by atoms with Crippen molar-refractivity contribution in [3.05, 3.63) is 11.9 Å². The fourth-order valence-corrected chi connectivity index (χ4v) is 2.35. The molecule has 96 valence electrons. The molecule has 0 bridgehead atoms. The highest BCUT2D eigenvalue weighted by atomic mass is 15.4. The summed E-state index contributed by atoms with van der Waals surface area (Å²) in [6, 6.07) is 0. The molecule has 2 rings (SSSR count). The fraction of sp³-hybridized carbons (Fsp3) is 0.833. The third kappa shape index (κ3) is 4.09. The van der Waals surface area contributed by atoms with E-state index in [0.29, 0.717) is 0 Å². The summed E-state index contributed by atoms with van der Waals surface area (Å²) in [6.45, 7) is 5.53. The Hall–Kier alpha value is -0.940. The van der Waals surface area contributed by atoms with Crippen molar-refractivity contribution in [1.82, 2.24) is 25.2 Å². The van der Waals surface area contributed by atoms with Gasteiger partial charge in [-0.2, -0.15) is 0 Å². The van der Waals surface area contributed by atoms with Gasteiger partial charge in [-0.25, -0.2) is 0 Å². The Labute approximate surface area is 103 Å². The summed E-state index contributed by atoms with van der Waals surface area (Å²) < 4.78 is 1.95. The van der Waals surface area contributed by atoms with Crippen LogP contribution in [0.1, 0.15) is 31.4 Å². The predicted molar refractivity (Wildman–Crippen MR) is 67.7 cm³/mol. The van der Waals surface area contributed by atoms with E-state index in [1.807, 2.05) is 17.9 Å². The third-order valence-corrected chi connectivity index (χ3v) is 3.25. The Kier molecular flexibility index (Phi) is 4.94. The van der Waals surface area contributed by atoms with Gasteiger partial charge >= 0.3 is 0 Å². The van der Waals surface area contributed by atoms with E-state index < -0.39 is 0 Å². The molecule has 0 amide bonds. The van der Waals surface area contributed by atoms with Crippen LogP contribution in [-0.2, 0) is 13.1 Å². The Morgan fingerprint density at radius 3 is 2.82 bits per heavy atom. The predicted octanol–water partition coefficient (Wildman–Crippen LogP) is 0.873. The minimum atomic E-state index is 0.798. The van der Waals surface area contributed by atoms with Crippen LogP contribution in [0.25, 0.3) is 0 Å². The zero-order valence-corrected chi connectivity index (χ0v) is 10.7. The van der Waals surface area contributed by atoms with E-state index in [9.17, 15) is 0 Å². The highest BCUT2D eigenvalue weighted by Crippen LogP contribution is 2.08. The molecule has 0 radical (unpaired) electrons. The van der Waals surface area contributed by atoms with Gasteiger partial charge in [0.25, 0.3) is 0 Å². The molecule has 1 aromatic rings. The van der Waals surface area contributed by atoms with E-state index in [-0.39, 0.29) is 0 Å². The van der Waals surface area contributed by atoms with Crippen LogP contribution in [0.15, 0.2) is 6.20 Å². The van der Waals surface area contributed by atoms with Crippen LogP contribution in [0, 0.1) is 0 Å². The number of nitrogens with zero attached hydrogens (tertiary/aromatic N) is 4. The van der Waals surface area contributed by atoms with Crippen LogP contribution >= 0.6 is 0 Å². The van der Waals surface area contributed by atoms with E-state index in [4.69, 9.17) is 0 Å². The molecule has 0 atom stereocenters. The second-order valence-corrected chi connectivity index (χ2v) is 4.76. The maximum atomic E-state index is 4.13. The lowest BCUT2D eigenvalue weighted by Gasteiger charge is -2.26. The second kappa shape index (κ2) is 6.71. The molecule has 5 heteroatoms. The molecule has 0 saturated carbocycles. The van der Waals surface area contributed by atoms with Crippen molar-refractivity contribution in [3.63, 3.8) is 0 Å². The lowest BCUT2D eigenvalue weighted by atomic mass is 10.1. The van der Waals surface area contributed by atoms with Gasteiger partial charge < -0.3 is 10.2 Å². The van der Waals surface area contributed by atoms with Gasteiger partial charge in [-0.05, 0) is 45.9 Å². The van der Waals surface area contributed by atoms with Gasteiger partial charge in [0.05, 0.1) is 5.69 Å². The Balaban J connectivity index is 1.66. The van der Waals surface area contributed by atoms with Crippen molar-refractivity contribution < 1.29 is 0 Å². The van der Waals surface area contributed by atoms with Crippen LogP contribution < -0.4 is 5.32 Å². The van der Waals surface area contributed by atoms with E-state index in [1.54, 1.807) is 0 Å². The molecule has 1 fully saturated rings. The minimum absolute atomic E-state index is 0.798. The molecule has 1 aliphatic heterocycles. The molecule has 0 aromatic carbocycles. The SMILES string of the molecule is CNCc1cn(CCCN2CCCCC2)nn1. The zero-order valence-electron chi connectivity index (χ0n) is 10.7. The first-order chi connectivity index (χ1) is 8.38. The van der Waals surface area contributed by atoms with Gasteiger partial charge in [-0.15, -0.1) is 5.10 Å². The standard InChI is InChI=1S/C12H23N5/c1-13-10-12-11-17(15-14-12)9-5-8-16-6-3-2-4-7-16/h11,13H,2-10H2,1H3. The van der Waals surface area contributed by atoms with E-state index >= 15 is 0 Å². The quantitative estimate of drug-likeness (QED) is 0.797. The first-order valence-electron chi connectivity index (χ1n) is 6.64. The van der Waals surface area contributed by atoms with Gasteiger partial charge in [-0.1, -0.05) is 11.6 Å². The lowest BCUT2D eigenvalue weighted by molar-refractivity contribution is 0.221. The first kappa shape index (κ1) is 12.5. The summed E-state index contributed by atoms with van der Waals surface area (Å²) in [4.78, 5) is 2.56. The number of hydrogen-bond donors (Lipinski definition) is 1. The summed E-state index contributed by atoms with van der Waals surface area (Å²) in [5.74, 6) is 0. The lowest BCUT2D eigenvalue weighted by Crippen LogP contribution is -2.31. The number of nitrogens with one attached hydrogen (secondary N) is 1. The minimum Gasteiger partial charge on any atom is -0.314 e. The summed E-state index contributed by atoms with van der Waals surface area (Å²) in [6.07, 6.45) is 7.35. The average molecular weight is 237 g/mol. The van der Waals surface area contributed by atoms with Crippen molar-refractivity contribution in [2.75, 3.05) is 26.7 Å². The maximum absolute atomic E-state index is 4.13. The van der Waals surface area contributed by atoms with Crippen molar-refractivity contribution in [3.8, 4) is 0 Å².